The van der Waals surface area contributed by atoms with Gasteiger partial charge in [-0.05, 0) is 25.5 Å². The summed E-state index contributed by atoms with van der Waals surface area (Å²) in [5, 5.41) is 0. The van der Waals surface area contributed by atoms with E-state index in [4.69, 9.17) is 9.47 Å². The quantitative estimate of drug-likeness (QED) is 0.197. The zero-order valence-corrected chi connectivity index (χ0v) is 15.7. The Hall–Kier alpha value is -1.84. The second-order valence-electron chi connectivity index (χ2n) is 6.26. The van der Waals surface area contributed by atoms with E-state index in [2.05, 4.69) is 6.92 Å². The molecule has 1 rings (SSSR count). The molecule has 0 heterocycles. The first kappa shape index (κ1) is 21.2. The highest BCUT2D eigenvalue weighted by molar-refractivity contribution is 6.06. The van der Waals surface area contributed by atoms with Gasteiger partial charge in [-0.1, -0.05) is 64.0 Å². The maximum absolute atomic E-state index is 12.0. The molecule has 0 fully saturated rings. The Morgan fingerprint density at radius 3 is 2.28 bits per heavy atom. The van der Waals surface area contributed by atoms with Crippen LogP contribution in [0.3, 0.4) is 0 Å². The number of hydrogen-bond acceptors (Lipinski definition) is 4. The van der Waals surface area contributed by atoms with Crippen molar-refractivity contribution in [2.45, 2.75) is 71.6 Å². The van der Waals surface area contributed by atoms with E-state index in [-0.39, 0.29) is 18.8 Å². The van der Waals surface area contributed by atoms with E-state index in [1.165, 1.54) is 44.9 Å². The van der Waals surface area contributed by atoms with Gasteiger partial charge in [-0.2, -0.15) is 0 Å². The fraction of sp³-hybridized carbons (Fsp3) is 0.619. The number of rotatable bonds is 14. The van der Waals surface area contributed by atoms with Gasteiger partial charge in [-0.15, -0.1) is 0 Å². The van der Waals surface area contributed by atoms with Crippen molar-refractivity contribution in [3.63, 3.8) is 0 Å². The lowest BCUT2D eigenvalue weighted by Gasteiger charge is -2.08. The van der Waals surface area contributed by atoms with Crippen molar-refractivity contribution < 1.29 is 19.1 Å². The van der Waals surface area contributed by atoms with Gasteiger partial charge in [0.1, 0.15) is 12.2 Å². The third-order valence-electron chi connectivity index (χ3n) is 4.03. The van der Waals surface area contributed by atoms with Crippen LogP contribution in [0.5, 0.6) is 5.75 Å². The van der Waals surface area contributed by atoms with Crippen LogP contribution >= 0.6 is 0 Å². The summed E-state index contributed by atoms with van der Waals surface area (Å²) in [4.78, 5) is 23.4. The van der Waals surface area contributed by atoms with Gasteiger partial charge in [0, 0.05) is 5.56 Å². The largest absolute Gasteiger partial charge is 0.494 e. The minimum absolute atomic E-state index is 0.227. The Morgan fingerprint density at radius 2 is 1.60 bits per heavy atom. The van der Waals surface area contributed by atoms with Crippen LogP contribution in [0, 0.1) is 0 Å². The molecule has 0 saturated heterocycles. The molecule has 0 aliphatic heterocycles. The second kappa shape index (κ2) is 13.5. The van der Waals surface area contributed by atoms with Gasteiger partial charge in [0.15, 0.2) is 5.78 Å². The number of Topliss-reactive ketones (excluding diaryl/α,β-unsaturated/α-hetero) is 1. The minimum Gasteiger partial charge on any atom is -0.494 e. The van der Waals surface area contributed by atoms with Crippen LogP contribution in [0.4, 0.5) is 0 Å². The normalized spacial score (nSPS) is 10.5. The number of unbranched alkanes of at least 4 members (excludes halogenated alkanes) is 7. The summed E-state index contributed by atoms with van der Waals surface area (Å²) >= 11 is 0. The van der Waals surface area contributed by atoms with E-state index in [1.807, 2.05) is 6.07 Å². The lowest BCUT2D eigenvalue weighted by Crippen LogP contribution is -2.11. The predicted octanol–water partition coefficient (Wildman–Crippen LogP) is 5.34. The van der Waals surface area contributed by atoms with E-state index >= 15 is 0 Å². The summed E-state index contributed by atoms with van der Waals surface area (Å²) in [5.74, 6) is -0.0496. The van der Waals surface area contributed by atoms with Crippen molar-refractivity contribution in [1.82, 2.24) is 0 Å². The lowest BCUT2D eigenvalue weighted by molar-refractivity contribution is -0.141. The van der Waals surface area contributed by atoms with Gasteiger partial charge in [0.2, 0.25) is 0 Å². The molecular formula is C21H32O4. The van der Waals surface area contributed by atoms with Crippen molar-refractivity contribution in [1.29, 1.82) is 0 Å². The first-order valence-corrected chi connectivity index (χ1v) is 9.59. The molecule has 0 N–H and O–H groups in total. The molecule has 0 radical (unpaired) electrons. The molecule has 0 saturated carbocycles. The molecule has 1 aromatic carbocycles. The maximum Gasteiger partial charge on any atom is 0.313 e. The van der Waals surface area contributed by atoms with Crippen LogP contribution in [0.25, 0.3) is 0 Å². The van der Waals surface area contributed by atoms with Crippen LogP contribution in [-0.4, -0.2) is 25.0 Å². The van der Waals surface area contributed by atoms with E-state index in [0.29, 0.717) is 17.9 Å². The molecule has 0 amide bonds. The number of ketones is 1. The van der Waals surface area contributed by atoms with Gasteiger partial charge in [-0.25, -0.2) is 0 Å². The van der Waals surface area contributed by atoms with Crippen LogP contribution in [0.1, 0.15) is 82.0 Å². The van der Waals surface area contributed by atoms with Crippen LogP contribution in [0.2, 0.25) is 0 Å². The first-order valence-electron chi connectivity index (χ1n) is 9.59. The first-order chi connectivity index (χ1) is 12.2. The standard InChI is InChI=1S/C21H32O4/c1-3-5-6-7-8-9-10-11-15-25-19-14-12-13-18(16-19)20(22)17-21(23)24-4-2/h12-14,16H,3-11,15,17H2,1-2H3. The Labute approximate surface area is 151 Å². The van der Waals surface area contributed by atoms with Crippen LogP contribution in [-0.2, 0) is 9.53 Å². The topological polar surface area (TPSA) is 52.6 Å². The fourth-order valence-electron chi connectivity index (χ4n) is 2.63. The van der Waals surface area contributed by atoms with E-state index in [9.17, 15) is 9.59 Å². The van der Waals surface area contributed by atoms with Gasteiger partial charge >= 0.3 is 5.97 Å². The average molecular weight is 348 g/mol. The van der Waals surface area contributed by atoms with Gasteiger partial charge in [-0.3, -0.25) is 9.59 Å². The summed E-state index contributed by atoms with van der Waals surface area (Å²) in [6.07, 6.45) is 9.84. The maximum atomic E-state index is 12.0. The average Bonchev–Trinajstić information content (AvgIpc) is 2.60. The molecule has 4 nitrogen and oxygen atoms in total. The van der Waals surface area contributed by atoms with Gasteiger partial charge in [0.05, 0.1) is 13.2 Å². The molecule has 0 aliphatic rings. The summed E-state index contributed by atoms with van der Waals surface area (Å²) in [6, 6.07) is 7.02. The van der Waals surface area contributed by atoms with Gasteiger partial charge in [0.25, 0.3) is 0 Å². The molecule has 25 heavy (non-hydrogen) atoms. The van der Waals surface area contributed by atoms with Crippen LogP contribution < -0.4 is 4.74 Å². The Kier molecular flexibility index (Phi) is 11.4. The van der Waals surface area contributed by atoms with Crippen molar-refractivity contribution in [2.75, 3.05) is 13.2 Å². The number of carbonyl (C=O) groups is 2. The van der Waals surface area contributed by atoms with Crippen molar-refractivity contribution in [3.8, 4) is 5.75 Å². The monoisotopic (exact) mass is 348 g/mol. The van der Waals surface area contributed by atoms with E-state index in [1.54, 1.807) is 25.1 Å². The second-order valence-corrected chi connectivity index (χ2v) is 6.26. The Bertz CT molecular complexity index is 510. The summed E-state index contributed by atoms with van der Waals surface area (Å²) in [5.41, 5.74) is 0.487. The van der Waals surface area contributed by atoms with E-state index in [0.717, 1.165) is 6.42 Å². The minimum atomic E-state index is -0.488. The van der Waals surface area contributed by atoms with Gasteiger partial charge < -0.3 is 9.47 Å². The highest BCUT2D eigenvalue weighted by atomic mass is 16.5. The Balaban J connectivity index is 2.24. The fourth-order valence-corrected chi connectivity index (χ4v) is 2.63. The van der Waals surface area contributed by atoms with Crippen molar-refractivity contribution in [2.24, 2.45) is 0 Å². The number of benzene rings is 1. The Morgan fingerprint density at radius 1 is 0.920 bits per heavy atom. The third-order valence-corrected chi connectivity index (χ3v) is 4.03. The molecule has 140 valence electrons. The number of ether oxygens (including phenoxy) is 2. The number of carbonyl (C=O) groups excluding carboxylic acids is 2. The number of esters is 1. The third kappa shape index (κ3) is 9.90. The number of hydrogen-bond donors (Lipinski definition) is 0. The molecule has 1 aromatic rings. The summed E-state index contributed by atoms with van der Waals surface area (Å²) < 4.78 is 10.5. The molecule has 0 bridgehead atoms. The summed E-state index contributed by atoms with van der Waals surface area (Å²) in [6.45, 7) is 4.90. The zero-order valence-electron chi connectivity index (χ0n) is 15.7. The zero-order chi connectivity index (χ0) is 18.3. The molecule has 0 aromatic heterocycles. The molecule has 4 heteroatoms. The van der Waals surface area contributed by atoms with Crippen molar-refractivity contribution in [3.05, 3.63) is 29.8 Å². The summed E-state index contributed by atoms with van der Waals surface area (Å²) in [7, 11) is 0. The molecule has 0 unspecified atom stereocenters. The molecular weight excluding hydrogens is 316 g/mol. The highest BCUT2D eigenvalue weighted by Crippen LogP contribution is 2.16. The van der Waals surface area contributed by atoms with Crippen LogP contribution in [0.15, 0.2) is 24.3 Å². The molecule has 0 atom stereocenters. The molecule has 0 aliphatic carbocycles. The lowest BCUT2D eigenvalue weighted by atomic mass is 10.1. The highest BCUT2D eigenvalue weighted by Gasteiger charge is 2.13. The predicted molar refractivity (Wildman–Crippen MR) is 100 cm³/mol. The van der Waals surface area contributed by atoms with E-state index < -0.39 is 5.97 Å². The SMILES string of the molecule is CCCCCCCCCCOc1cccc(C(=O)CC(=O)OCC)c1. The van der Waals surface area contributed by atoms with Crippen molar-refractivity contribution >= 4 is 11.8 Å². The smallest absolute Gasteiger partial charge is 0.313 e. The molecule has 0 spiro atoms.